The lowest BCUT2D eigenvalue weighted by atomic mass is 9.81. The Morgan fingerprint density at radius 1 is 1.07 bits per heavy atom. The molecule has 2 rings (SSSR count). The summed E-state index contributed by atoms with van der Waals surface area (Å²) in [5.41, 5.74) is 5.95. The predicted molar refractivity (Wildman–Crippen MR) is 60.3 cm³/mol. The quantitative estimate of drug-likeness (QED) is 0.532. The van der Waals surface area contributed by atoms with E-state index < -0.39 is 0 Å². The summed E-state index contributed by atoms with van der Waals surface area (Å²) in [7, 11) is 0. The first-order valence-electron chi connectivity index (χ1n) is 5.98. The molecule has 2 unspecified atom stereocenters. The average molecular weight is 194 g/mol. The minimum absolute atomic E-state index is 0.523. The normalized spacial score (nSPS) is 39.9. The lowest BCUT2D eigenvalue weighted by molar-refractivity contribution is 0.270. The zero-order chi connectivity index (χ0) is 10.1. The molecule has 0 amide bonds. The van der Waals surface area contributed by atoms with Gasteiger partial charge in [-0.3, -0.25) is 4.99 Å². The third-order valence-electron chi connectivity index (χ3n) is 3.48. The molecule has 2 aliphatic carbocycles. The minimum atomic E-state index is 0.523. The Hall–Kier alpha value is -0.530. The highest BCUT2D eigenvalue weighted by Crippen LogP contribution is 2.33. The van der Waals surface area contributed by atoms with Crippen LogP contribution in [0, 0.1) is 17.8 Å². The number of rotatable bonds is 2. The molecule has 0 radical (unpaired) electrons. The molecule has 0 saturated heterocycles. The summed E-state index contributed by atoms with van der Waals surface area (Å²) in [6.45, 7) is 4.68. The lowest BCUT2D eigenvalue weighted by Gasteiger charge is -2.29. The molecular weight excluding hydrogens is 172 g/mol. The van der Waals surface area contributed by atoms with Crippen LogP contribution in [0.15, 0.2) is 4.99 Å². The van der Waals surface area contributed by atoms with Crippen molar-refractivity contribution in [1.29, 1.82) is 0 Å². The number of aliphatic imine (C=N–C) groups is 1. The van der Waals surface area contributed by atoms with Gasteiger partial charge >= 0.3 is 0 Å². The molecule has 80 valence electrons. The average Bonchev–Trinajstić information content (AvgIpc) is 2.82. The maximum absolute atomic E-state index is 5.95. The molecule has 0 aromatic carbocycles. The molecule has 2 fully saturated rings. The molecule has 2 aliphatic rings. The fourth-order valence-electron chi connectivity index (χ4n) is 2.71. The second-order valence-electron chi connectivity index (χ2n) is 5.40. The Morgan fingerprint density at radius 2 is 1.64 bits per heavy atom. The van der Waals surface area contributed by atoms with Crippen LogP contribution in [0.25, 0.3) is 0 Å². The van der Waals surface area contributed by atoms with Crippen LogP contribution < -0.4 is 5.73 Å². The highest BCUT2D eigenvalue weighted by Gasteiger charge is 2.28. The standard InChI is InChI=1S/C12H22N2/c1-8-5-9(2)7-11(6-8)14-12(13)10-3-4-10/h8-11H,3-7H2,1-2H3,(H2,13,14). The molecule has 0 aliphatic heterocycles. The van der Waals surface area contributed by atoms with Gasteiger partial charge < -0.3 is 5.73 Å². The van der Waals surface area contributed by atoms with Crippen LogP contribution in [0.5, 0.6) is 0 Å². The van der Waals surface area contributed by atoms with Crippen molar-refractivity contribution in [3.63, 3.8) is 0 Å². The van der Waals surface area contributed by atoms with E-state index in [-0.39, 0.29) is 0 Å². The van der Waals surface area contributed by atoms with Gasteiger partial charge in [-0.15, -0.1) is 0 Å². The number of nitrogens with zero attached hydrogens (tertiary/aromatic N) is 1. The van der Waals surface area contributed by atoms with Gasteiger partial charge in [0.05, 0.1) is 11.9 Å². The first-order valence-corrected chi connectivity index (χ1v) is 5.98. The fourth-order valence-corrected chi connectivity index (χ4v) is 2.71. The van der Waals surface area contributed by atoms with E-state index in [0.717, 1.165) is 17.7 Å². The smallest absolute Gasteiger partial charge is 0.0971 e. The molecule has 2 nitrogen and oxygen atoms in total. The van der Waals surface area contributed by atoms with Gasteiger partial charge in [0.2, 0.25) is 0 Å². The van der Waals surface area contributed by atoms with Crippen LogP contribution in [-0.4, -0.2) is 11.9 Å². The zero-order valence-corrected chi connectivity index (χ0v) is 9.37. The van der Waals surface area contributed by atoms with E-state index in [0.29, 0.717) is 12.0 Å². The van der Waals surface area contributed by atoms with E-state index in [4.69, 9.17) is 10.7 Å². The molecule has 2 atom stereocenters. The molecular formula is C12H22N2. The second-order valence-corrected chi connectivity index (χ2v) is 5.40. The van der Waals surface area contributed by atoms with E-state index in [1.54, 1.807) is 0 Å². The largest absolute Gasteiger partial charge is 0.387 e. The van der Waals surface area contributed by atoms with Crippen molar-refractivity contribution in [3.8, 4) is 0 Å². The molecule has 2 heteroatoms. The van der Waals surface area contributed by atoms with Gasteiger partial charge in [0, 0.05) is 5.92 Å². The van der Waals surface area contributed by atoms with Crippen LogP contribution in [0.1, 0.15) is 46.0 Å². The summed E-state index contributed by atoms with van der Waals surface area (Å²) in [5, 5.41) is 0. The van der Waals surface area contributed by atoms with Gasteiger partial charge in [-0.1, -0.05) is 13.8 Å². The van der Waals surface area contributed by atoms with Crippen LogP contribution >= 0.6 is 0 Å². The molecule has 0 spiro atoms. The van der Waals surface area contributed by atoms with E-state index in [9.17, 15) is 0 Å². The molecule has 2 saturated carbocycles. The van der Waals surface area contributed by atoms with Crippen molar-refractivity contribution in [1.82, 2.24) is 0 Å². The Balaban J connectivity index is 1.92. The first-order chi connectivity index (χ1) is 6.65. The molecule has 2 N–H and O–H groups in total. The van der Waals surface area contributed by atoms with E-state index in [1.165, 1.54) is 32.1 Å². The predicted octanol–water partition coefficient (Wildman–Crippen LogP) is 2.58. The van der Waals surface area contributed by atoms with Gasteiger partial charge in [0.25, 0.3) is 0 Å². The Labute approximate surface area is 87.0 Å². The molecule has 0 aromatic heterocycles. The minimum Gasteiger partial charge on any atom is -0.387 e. The SMILES string of the molecule is CC1CC(C)CC(N=C(N)C2CC2)C1. The summed E-state index contributed by atoms with van der Waals surface area (Å²) in [6.07, 6.45) is 6.41. The molecule has 14 heavy (non-hydrogen) atoms. The fraction of sp³-hybridized carbons (Fsp3) is 0.917. The Bertz CT molecular complexity index is 220. The summed E-state index contributed by atoms with van der Waals surface area (Å²) in [5.74, 6) is 3.25. The zero-order valence-electron chi connectivity index (χ0n) is 9.37. The van der Waals surface area contributed by atoms with E-state index in [2.05, 4.69) is 13.8 Å². The highest BCUT2D eigenvalue weighted by atomic mass is 14.9. The first kappa shape index (κ1) is 10.0. The summed E-state index contributed by atoms with van der Waals surface area (Å²) in [4.78, 5) is 4.69. The van der Waals surface area contributed by atoms with Gasteiger partial charge in [0.1, 0.15) is 0 Å². The molecule has 0 bridgehead atoms. The lowest BCUT2D eigenvalue weighted by Crippen LogP contribution is -2.26. The van der Waals surface area contributed by atoms with Crippen molar-refractivity contribution in [2.24, 2.45) is 28.5 Å². The van der Waals surface area contributed by atoms with Crippen LogP contribution in [0.4, 0.5) is 0 Å². The number of hydrogen-bond donors (Lipinski definition) is 1. The third-order valence-corrected chi connectivity index (χ3v) is 3.48. The summed E-state index contributed by atoms with van der Waals surface area (Å²) in [6, 6.07) is 0.523. The number of amidine groups is 1. The Morgan fingerprint density at radius 3 is 2.14 bits per heavy atom. The summed E-state index contributed by atoms with van der Waals surface area (Å²) < 4.78 is 0. The highest BCUT2D eigenvalue weighted by molar-refractivity contribution is 5.85. The summed E-state index contributed by atoms with van der Waals surface area (Å²) >= 11 is 0. The maximum atomic E-state index is 5.95. The second kappa shape index (κ2) is 3.92. The van der Waals surface area contributed by atoms with Crippen molar-refractivity contribution < 1.29 is 0 Å². The van der Waals surface area contributed by atoms with Gasteiger partial charge in [-0.25, -0.2) is 0 Å². The van der Waals surface area contributed by atoms with Gasteiger partial charge in [0.15, 0.2) is 0 Å². The number of hydrogen-bond acceptors (Lipinski definition) is 1. The van der Waals surface area contributed by atoms with Crippen molar-refractivity contribution in [3.05, 3.63) is 0 Å². The topological polar surface area (TPSA) is 38.4 Å². The van der Waals surface area contributed by atoms with Crippen molar-refractivity contribution >= 4 is 5.84 Å². The van der Waals surface area contributed by atoms with Crippen molar-refractivity contribution in [2.45, 2.75) is 52.0 Å². The Kier molecular flexibility index (Phi) is 2.80. The van der Waals surface area contributed by atoms with E-state index >= 15 is 0 Å². The van der Waals surface area contributed by atoms with Crippen molar-refractivity contribution in [2.75, 3.05) is 0 Å². The molecule has 0 heterocycles. The molecule has 0 aromatic rings. The monoisotopic (exact) mass is 194 g/mol. The van der Waals surface area contributed by atoms with E-state index in [1.807, 2.05) is 0 Å². The van der Waals surface area contributed by atoms with Gasteiger partial charge in [-0.2, -0.15) is 0 Å². The number of nitrogens with two attached hydrogens (primary N) is 1. The van der Waals surface area contributed by atoms with Gasteiger partial charge in [-0.05, 0) is 43.9 Å². The third kappa shape index (κ3) is 2.49. The van der Waals surface area contributed by atoms with Crippen LogP contribution in [0.3, 0.4) is 0 Å². The maximum Gasteiger partial charge on any atom is 0.0971 e. The van der Waals surface area contributed by atoms with Crippen LogP contribution in [0.2, 0.25) is 0 Å². The van der Waals surface area contributed by atoms with Crippen LogP contribution in [-0.2, 0) is 0 Å².